The zero-order valence-corrected chi connectivity index (χ0v) is 14.8. The Kier molecular flexibility index (Phi) is 10.7. The third kappa shape index (κ3) is 9.58. The SMILES string of the molecule is CCOC[C@@H](COP(=O)([O-])OCC[N+](C)(CC)CC)OC. The number of ether oxygens (including phenoxy) is 2. The Labute approximate surface area is 128 Å². The molecule has 0 saturated heterocycles. The molecule has 0 aliphatic heterocycles. The maximum absolute atomic E-state index is 11.7. The first-order chi connectivity index (χ1) is 9.82. The average Bonchev–Trinajstić information content (AvgIpc) is 2.47. The molecule has 128 valence electrons. The predicted octanol–water partition coefficient (Wildman–Crippen LogP) is 1.03. The fourth-order valence-corrected chi connectivity index (χ4v) is 2.29. The molecular weight excluding hydrogens is 297 g/mol. The molecule has 0 spiro atoms. The van der Waals surface area contributed by atoms with Crippen molar-refractivity contribution in [1.29, 1.82) is 0 Å². The molecular formula is C13H30NO6P. The van der Waals surface area contributed by atoms with Crippen LogP contribution < -0.4 is 4.89 Å². The zero-order valence-electron chi connectivity index (χ0n) is 13.9. The van der Waals surface area contributed by atoms with Gasteiger partial charge >= 0.3 is 0 Å². The number of methoxy groups -OCH3 is 1. The fraction of sp³-hybridized carbons (Fsp3) is 1.00. The monoisotopic (exact) mass is 327 g/mol. The van der Waals surface area contributed by atoms with Gasteiger partial charge in [0.25, 0.3) is 7.82 Å². The average molecular weight is 327 g/mol. The highest BCUT2D eigenvalue weighted by molar-refractivity contribution is 7.45. The minimum Gasteiger partial charge on any atom is -0.756 e. The highest BCUT2D eigenvalue weighted by Crippen LogP contribution is 2.38. The minimum atomic E-state index is -4.29. The molecule has 0 heterocycles. The first kappa shape index (κ1) is 21.0. The molecule has 0 saturated carbocycles. The van der Waals surface area contributed by atoms with Gasteiger partial charge in [-0.2, -0.15) is 0 Å². The summed E-state index contributed by atoms with van der Waals surface area (Å²) in [6.45, 7) is 9.27. The molecule has 0 fully saturated rings. The number of phosphoric ester groups is 1. The number of hydrogen-bond acceptors (Lipinski definition) is 6. The van der Waals surface area contributed by atoms with Crippen LogP contribution in [0.1, 0.15) is 20.8 Å². The molecule has 8 heteroatoms. The zero-order chi connectivity index (χ0) is 16.4. The Morgan fingerprint density at radius 1 is 1.14 bits per heavy atom. The lowest BCUT2D eigenvalue weighted by molar-refractivity contribution is -0.906. The molecule has 0 aromatic heterocycles. The van der Waals surface area contributed by atoms with Gasteiger partial charge in [-0.25, -0.2) is 0 Å². The molecule has 0 radical (unpaired) electrons. The van der Waals surface area contributed by atoms with Crippen molar-refractivity contribution < 1.29 is 32.5 Å². The summed E-state index contributed by atoms with van der Waals surface area (Å²) in [4.78, 5) is 11.7. The molecule has 0 aliphatic carbocycles. The summed E-state index contributed by atoms with van der Waals surface area (Å²) in [7, 11) is -0.755. The van der Waals surface area contributed by atoms with Gasteiger partial charge in [0.05, 0.1) is 33.4 Å². The van der Waals surface area contributed by atoms with Gasteiger partial charge in [-0.15, -0.1) is 0 Å². The van der Waals surface area contributed by atoms with Gasteiger partial charge in [0.1, 0.15) is 19.3 Å². The second-order valence-electron chi connectivity index (χ2n) is 5.07. The molecule has 2 atom stereocenters. The number of hydrogen-bond donors (Lipinski definition) is 0. The van der Waals surface area contributed by atoms with Gasteiger partial charge in [-0.3, -0.25) is 4.57 Å². The van der Waals surface area contributed by atoms with Gasteiger partial charge < -0.3 is 27.9 Å². The number of phosphoric acid groups is 1. The summed E-state index contributed by atoms with van der Waals surface area (Å²) in [6.07, 6.45) is -0.428. The highest BCUT2D eigenvalue weighted by atomic mass is 31.2. The van der Waals surface area contributed by atoms with Gasteiger partial charge in [0.2, 0.25) is 0 Å². The van der Waals surface area contributed by atoms with E-state index in [0.29, 0.717) is 13.2 Å². The molecule has 0 N–H and O–H groups in total. The molecule has 0 bridgehead atoms. The van der Waals surface area contributed by atoms with Crippen LogP contribution in [-0.2, 0) is 23.1 Å². The lowest BCUT2D eigenvalue weighted by Gasteiger charge is -2.33. The molecule has 21 heavy (non-hydrogen) atoms. The summed E-state index contributed by atoms with van der Waals surface area (Å²) in [5, 5.41) is 0. The van der Waals surface area contributed by atoms with Crippen LogP contribution in [0.4, 0.5) is 0 Å². The largest absolute Gasteiger partial charge is 0.756 e. The van der Waals surface area contributed by atoms with E-state index in [1.165, 1.54) is 7.11 Å². The van der Waals surface area contributed by atoms with Crippen molar-refractivity contribution in [2.45, 2.75) is 26.9 Å². The van der Waals surface area contributed by atoms with Crippen molar-refractivity contribution in [2.24, 2.45) is 0 Å². The molecule has 1 unspecified atom stereocenters. The summed E-state index contributed by atoms with van der Waals surface area (Å²) >= 11 is 0. The van der Waals surface area contributed by atoms with Crippen LogP contribution in [0.2, 0.25) is 0 Å². The number of quaternary nitrogens is 1. The molecule has 0 aromatic rings. The standard InChI is InChI=1S/C13H30NO6P/c1-6-14(4,7-2)9-10-19-21(15,16)20-12-13(17-5)11-18-8-3/h13H,6-12H2,1-5H3/t13-/m0/s1. The topological polar surface area (TPSA) is 77.1 Å². The summed E-state index contributed by atoms with van der Waals surface area (Å²) in [5.41, 5.74) is 0. The van der Waals surface area contributed by atoms with E-state index in [4.69, 9.17) is 18.5 Å². The van der Waals surface area contributed by atoms with E-state index in [0.717, 1.165) is 17.6 Å². The molecule has 7 nitrogen and oxygen atoms in total. The molecule has 0 rings (SSSR count). The number of rotatable bonds is 13. The van der Waals surface area contributed by atoms with Gasteiger partial charge in [0, 0.05) is 13.7 Å². The second-order valence-corrected chi connectivity index (χ2v) is 6.48. The summed E-state index contributed by atoms with van der Waals surface area (Å²) in [6, 6.07) is 0. The maximum atomic E-state index is 11.7. The van der Waals surface area contributed by atoms with Crippen LogP contribution in [0, 0.1) is 0 Å². The lowest BCUT2D eigenvalue weighted by Crippen LogP contribution is -2.45. The Hall–Kier alpha value is -0.0100. The Balaban J connectivity index is 4.10. The summed E-state index contributed by atoms with van der Waals surface area (Å²) < 4.78 is 32.4. The van der Waals surface area contributed by atoms with Crippen LogP contribution in [0.5, 0.6) is 0 Å². The quantitative estimate of drug-likeness (QED) is 0.371. The fourth-order valence-electron chi connectivity index (χ4n) is 1.56. The van der Waals surface area contributed by atoms with E-state index in [1.807, 2.05) is 6.92 Å². The molecule has 0 amide bonds. The van der Waals surface area contributed by atoms with Crippen LogP contribution in [0.25, 0.3) is 0 Å². The first-order valence-corrected chi connectivity index (χ1v) is 8.82. The van der Waals surface area contributed by atoms with Crippen molar-refractivity contribution in [3.05, 3.63) is 0 Å². The number of nitrogens with zero attached hydrogens (tertiary/aromatic N) is 1. The van der Waals surface area contributed by atoms with Crippen molar-refractivity contribution in [2.75, 3.05) is 60.2 Å². The third-order valence-electron chi connectivity index (χ3n) is 3.67. The highest BCUT2D eigenvalue weighted by Gasteiger charge is 2.19. The van der Waals surface area contributed by atoms with Crippen molar-refractivity contribution >= 4 is 7.82 Å². The van der Waals surface area contributed by atoms with E-state index >= 15 is 0 Å². The minimum absolute atomic E-state index is 0.106. The van der Waals surface area contributed by atoms with E-state index in [-0.39, 0.29) is 19.8 Å². The number of likely N-dealkylation sites (N-methyl/N-ethyl adjacent to an activating group) is 1. The maximum Gasteiger partial charge on any atom is 0.268 e. The van der Waals surface area contributed by atoms with Crippen LogP contribution in [-0.4, -0.2) is 70.8 Å². The lowest BCUT2D eigenvalue weighted by atomic mass is 10.4. The van der Waals surface area contributed by atoms with Gasteiger partial charge in [0.15, 0.2) is 0 Å². The Morgan fingerprint density at radius 2 is 1.76 bits per heavy atom. The smallest absolute Gasteiger partial charge is 0.268 e. The van der Waals surface area contributed by atoms with E-state index in [9.17, 15) is 9.46 Å². The summed E-state index contributed by atoms with van der Waals surface area (Å²) in [5.74, 6) is 0. The van der Waals surface area contributed by atoms with E-state index < -0.39 is 13.9 Å². The molecule has 0 aromatic carbocycles. The van der Waals surface area contributed by atoms with Crippen molar-refractivity contribution in [1.82, 2.24) is 0 Å². The second kappa shape index (κ2) is 10.7. The molecule has 0 aliphatic rings. The van der Waals surface area contributed by atoms with Gasteiger partial charge in [-0.1, -0.05) is 0 Å². The van der Waals surface area contributed by atoms with Crippen LogP contribution >= 0.6 is 7.82 Å². The predicted molar refractivity (Wildman–Crippen MR) is 78.9 cm³/mol. The van der Waals surface area contributed by atoms with Crippen LogP contribution in [0.15, 0.2) is 0 Å². The van der Waals surface area contributed by atoms with E-state index in [2.05, 4.69) is 20.9 Å². The third-order valence-corrected chi connectivity index (χ3v) is 4.63. The normalized spacial score (nSPS) is 16.7. The van der Waals surface area contributed by atoms with Crippen LogP contribution in [0.3, 0.4) is 0 Å². The van der Waals surface area contributed by atoms with Gasteiger partial charge in [-0.05, 0) is 20.8 Å². The first-order valence-electron chi connectivity index (χ1n) is 7.36. The Bertz CT molecular complexity index is 311. The van der Waals surface area contributed by atoms with E-state index in [1.54, 1.807) is 0 Å². The Morgan fingerprint density at radius 3 is 2.24 bits per heavy atom. The van der Waals surface area contributed by atoms with Crippen molar-refractivity contribution in [3.8, 4) is 0 Å². The van der Waals surface area contributed by atoms with Crippen molar-refractivity contribution in [3.63, 3.8) is 0 Å².